The van der Waals surface area contributed by atoms with Gasteiger partial charge in [-0.15, -0.1) is 0 Å². The average molecular weight is 294 g/mol. The van der Waals surface area contributed by atoms with E-state index in [1.807, 2.05) is 0 Å². The molecular formula is C13H22N6O2. The normalized spacial score (nSPS) is 13.8. The van der Waals surface area contributed by atoms with E-state index in [-0.39, 0.29) is 5.91 Å². The quantitative estimate of drug-likeness (QED) is 0.296. The monoisotopic (exact) mass is 294 g/mol. The fraction of sp³-hybridized carbons (Fsp3) is 0.615. The van der Waals surface area contributed by atoms with Crippen molar-refractivity contribution in [2.75, 3.05) is 24.4 Å². The Balaban J connectivity index is 1.75. The molecule has 2 rings (SSSR count). The molecule has 8 heteroatoms. The first-order chi connectivity index (χ1) is 10.2. The Morgan fingerprint density at radius 2 is 2.19 bits per heavy atom. The van der Waals surface area contributed by atoms with Gasteiger partial charge in [0.15, 0.2) is 5.82 Å². The molecule has 5 N–H and O–H groups in total. The second kappa shape index (κ2) is 7.75. The lowest BCUT2D eigenvalue weighted by Gasteiger charge is -2.09. The van der Waals surface area contributed by atoms with Crippen LogP contribution in [0.25, 0.3) is 0 Å². The van der Waals surface area contributed by atoms with Crippen LogP contribution in [0.4, 0.5) is 11.6 Å². The first kappa shape index (κ1) is 15.5. The van der Waals surface area contributed by atoms with Gasteiger partial charge in [0.2, 0.25) is 5.91 Å². The zero-order valence-corrected chi connectivity index (χ0v) is 12.2. The van der Waals surface area contributed by atoms with E-state index >= 15 is 0 Å². The maximum atomic E-state index is 11.5. The molecule has 0 aliphatic heterocycles. The fourth-order valence-electron chi connectivity index (χ4n) is 1.85. The molecule has 0 unspecified atom stereocenters. The summed E-state index contributed by atoms with van der Waals surface area (Å²) in [5.74, 6) is 7.21. The predicted molar refractivity (Wildman–Crippen MR) is 79.4 cm³/mol. The van der Waals surface area contributed by atoms with Crippen molar-refractivity contribution in [1.82, 2.24) is 15.3 Å². The van der Waals surface area contributed by atoms with Gasteiger partial charge in [0, 0.05) is 32.2 Å². The molecule has 1 aromatic rings. The minimum absolute atomic E-state index is 0.117. The van der Waals surface area contributed by atoms with E-state index in [2.05, 4.69) is 26.0 Å². The Bertz CT molecular complexity index is 478. The van der Waals surface area contributed by atoms with Crippen LogP contribution in [-0.2, 0) is 16.1 Å². The lowest BCUT2D eigenvalue weighted by Crippen LogP contribution is -2.25. The van der Waals surface area contributed by atoms with Gasteiger partial charge in [-0.25, -0.2) is 15.8 Å². The highest BCUT2D eigenvalue weighted by molar-refractivity contribution is 5.76. The van der Waals surface area contributed by atoms with E-state index in [1.165, 1.54) is 0 Å². The number of anilines is 2. The Labute approximate surface area is 123 Å². The summed E-state index contributed by atoms with van der Waals surface area (Å²) in [6.07, 6.45) is 3.49. The van der Waals surface area contributed by atoms with Gasteiger partial charge in [0.1, 0.15) is 18.2 Å². The molecule has 1 heterocycles. The van der Waals surface area contributed by atoms with Gasteiger partial charge >= 0.3 is 0 Å². The van der Waals surface area contributed by atoms with Gasteiger partial charge in [-0.2, -0.15) is 0 Å². The Morgan fingerprint density at radius 3 is 2.86 bits per heavy atom. The third kappa shape index (κ3) is 5.52. The van der Waals surface area contributed by atoms with Crippen molar-refractivity contribution in [1.29, 1.82) is 0 Å². The van der Waals surface area contributed by atoms with Crippen molar-refractivity contribution < 1.29 is 9.53 Å². The zero-order chi connectivity index (χ0) is 15.1. The van der Waals surface area contributed by atoms with Crippen molar-refractivity contribution in [3.63, 3.8) is 0 Å². The van der Waals surface area contributed by atoms with E-state index in [0.717, 1.165) is 19.3 Å². The van der Waals surface area contributed by atoms with Crippen molar-refractivity contribution >= 4 is 17.5 Å². The highest BCUT2D eigenvalue weighted by Crippen LogP contribution is 2.18. The van der Waals surface area contributed by atoms with E-state index < -0.39 is 0 Å². The molecule has 0 bridgehead atoms. The molecule has 0 aromatic carbocycles. The maximum absolute atomic E-state index is 11.5. The number of nitrogens with two attached hydrogens (primary N) is 1. The number of amides is 1. The fourth-order valence-corrected chi connectivity index (χ4v) is 1.85. The molecule has 1 aliphatic rings. The Hall–Kier alpha value is -1.93. The van der Waals surface area contributed by atoms with Gasteiger partial charge in [0.25, 0.3) is 0 Å². The number of ether oxygens (including phenoxy) is 1. The average Bonchev–Trinajstić information content (AvgIpc) is 3.27. The molecule has 1 fully saturated rings. The number of carbonyl (C=O) groups excluding carboxylic acids is 1. The summed E-state index contributed by atoms with van der Waals surface area (Å²) >= 11 is 0. The van der Waals surface area contributed by atoms with Gasteiger partial charge in [0.05, 0.1) is 0 Å². The molecule has 0 atom stereocenters. The zero-order valence-electron chi connectivity index (χ0n) is 12.2. The number of nitrogens with one attached hydrogen (secondary N) is 3. The third-order valence-corrected chi connectivity index (χ3v) is 3.02. The maximum Gasteiger partial charge on any atom is 0.220 e. The molecule has 0 radical (unpaired) electrons. The van der Waals surface area contributed by atoms with Crippen LogP contribution in [0.1, 0.15) is 31.5 Å². The number of nitrogen functional groups attached to an aromatic ring is 1. The summed E-state index contributed by atoms with van der Waals surface area (Å²) in [4.78, 5) is 20.0. The summed E-state index contributed by atoms with van der Waals surface area (Å²) in [7, 11) is 1.58. The molecule has 21 heavy (non-hydrogen) atoms. The summed E-state index contributed by atoms with van der Waals surface area (Å²) in [6, 6.07) is 2.13. The minimum atomic E-state index is 0.117. The number of methoxy groups -OCH3 is 1. The molecule has 0 saturated heterocycles. The van der Waals surface area contributed by atoms with E-state index in [4.69, 9.17) is 10.6 Å². The van der Waals surface area contributed by atoms with Gasteiger partial charge < -0.3 is 20.8 Å². The van der Waals surface area contributed by atoms with Crippen LogP contribution in [0.5, 0.6) is 0 Å². The topological polar surface area (TPSA) is 114 Å². The van der Waals surface area contributed by atoms with E-state index in [0.29, 0.717) is 43.1 Å². The van der Waals surface area contributed by atoms with Crippen LogP contribution in [0.3, 0.4) is 0 Å². The van der Waals surface area contributed by atoms with Crippen LogP contribution >= 0.6 is 0 Å². The molecule has 8 nitrogen and oxygen atoms in total. The lowest BCUT2D eigenvalue weighted by molar-refractivity contribution is -0.121. The predicted octanol–water partition coefficient (Wildman–Crippen LogP) is 0.379. The molecular weight excluding hydrogens is 272 g/mol. The summed E-state index contributed by atoms with van der Waals surface area (Å²) < 4.78 is 5.01. The van der Waals surface area contributed by atoms with Crippen molar-refractivity contribution in [2.24, 2.45) is 5.84 Å². The molecule has 1 aliphatic carbocycles. The van der Waals surface area contributed by atoms with Gasteiger partial charge in [-0.1, -0.05) is 0 Å². The van der Waals surface area contributed by atoms with Crippen molar-refractivity contribution in [3.8, 4) is 0 Å². The molecule has 1 aromatic heterocycles. The van der Waals surface area contributed by atoms with E-state index in [9.17, 15) is 4.79 Å². The summed E-state index contributed by atoms with van der Waals surface area (Å²) in [5.41, 5.74) is 2.49. The van der Waals surface area contributed by atoms with Crippen LogP contribution in [0, 0.1) is 0 Å². The summed E-state index contributed by atoms with van der Waals surface area (Å²) in [6.45, 7) is 0.972. The van der Waals surface area contributed by atoms with Crippen LogP contribution in [0.2, 0.25) is 0 Å². The molecule has 1 amide bonds. The SMILES string of the molecule is COCc1nc(NN)cc(NCCCC(=O)NC2CC2)n1. The number of aromatic nitrogens is 2. The Morgan fingerprint density at radius 1 is 1.43 bits per heavy atom. The first-order valence-corrected chi connectivity index (χ1v) is 7.08. The van der Waals surface area contributed by atoms with E-state index in [1.54, 1.807) is 13.2 Å². The minimum Gasteiger partial charge on any atom is -0.377 e. The van der Waals surface area contributed by atoms with Gasteiger partial charge in [-0.05, 0) is 19.3 Å². The lowest BCUT2D eigenvalue weighted by atomic mass is 10.3. The second-order valence-corrected chi connectivity index (χ2v) is 5.00. The molecule has 0 spiro atoms. The highest BCUT2D eigenvalue weighted by Gasteiger charge is 2.22. The second-order valence-electron chi connectivity index (χ2n) is 5.00. The summed E-state index contributed by atoms with van der Waals surface area (Å²) in [5, 5.41) is 6.12. The number of hydrogen-bond acceptors (Lipinski definition) is 7. The number of hydrogen-bond donors (Lipinski definition) is 4. The van der Waals surface area contributed by atoms with Crippen molar-refractivity contribution in [3.05, 3.63) is 11.9 Å². The standard InChI is InChI=1S/C13H22N6O2/c1-21-8-12-17-10(7-11(18-12)19-14)15-6-2-3-13(20)16-9-4-5-9/h7,9H,2-6,8,14H2,1H3,(H,16,20)(H2,15,17,18,19). The number of carbonyl (C=O) groups is 1. The number of nitrogens with zero attached hydrogens (tertiary/aromatic N) is 2. The van der Waals surface area contributed by atoms with Crippen molar-refractivity contribution in [2.45, 2.75) is 38.3 Å². The number of hydrazine groups is 1. The first-order valence-electron chi connectivity index (χ1n) is 7.08. The highest BCUT2D eigenvalue weighted by atomic mass is 16.5. The Kier molecular flexibility index (Phi) is 5.70. The molecule has 1 saturated carbocycles. The smallest absolute Gasteiger partial charge is 0.220 e. The van der Waals surface area contributed by atoms with Crippen LogP contribution < -0.4 is 21.9 Å². The third-order valence-electron chi connectivity index (χ3n) is 3.02. The largest absolute Gasteiger partial charge is 0.377 e. The van der Waals surface area contributed by atoms with Gasteiger partial charge in [-0.3, -0.25) is 4.79 Å². The number of rotatable bonds is 9. The van der Waals surface area contributed by atoms with Crippen LogP contribution in [-0.4, -0.2) is 35.6 Å². The van der Waals surface area contributed by atoms with Crippen LogP contribution in [0.15, 0.2) is 6.07 Å². The molecule has 116 valence electrons.